The number of nitrogens with zero attached hydrogens (tertiary/aromatic N) is 4. The van der Waals surface area contributed by atoms with Crippen molar-refractivity contribution in [3.05, 3.63) is 35.5 Å². The number of hydrogen-bond donors (Lipinski definition) is 2. The summed E-state index contributed by atoms with van der Waals surface area (Å²) in [5, 5.41) is 23.1. The summed E-state index contributed by atoms with van der Waals surface area (Å²) in [6, 6.07) is 5.01. The highest BCUT2D eigenvalue weighted by Crippen LogP contribution is 2.35. The lowest BCUT2D eigenvalue weighted by atomic mass is 10.0. The minimum atomic E-state index is -1.07. The van der Waals surface area contributed by atoms with Gasteiger partial charge in [-0.3, -0.25) is 0 Å². The zero-order valence-electron chi connectivity index (χ0n) is 11.3. The molecule has 0 aliphatic carbocycles. The van der Waals surface area contributed by atoms with E-state index in [2.05, 4.69) is 20.8 Å². The Morgan fingerprint density at radius 1 is 1.32 bits per heavy atom. The Bertz CT molecular complexity index is 784. The van der Waals surface area contributed by atoms with E-state index in [9.17, 15) is 9.90 Å². The van der Waals surface area contributed by atoms with Crippen molar-refractivity contribution in [2.45, 2.75) is 6.04 Å². The van der Waals surface area contributed by atoms with Gasteiger partial charge in [0.05, 0.1) is 0 Å². The fraction of sp³-hybridized carbons (Fsp3) is 0.231. The van der Waals surface area contributed by atoms with Gasteiger partial charge in [-0.2, -0.15) is 4.68 Å². The molecule has 2 aliphatic rings. The molecule has 3 heterocycles. The second-order valence-corrected chi connectivity index (χ2v) is 4.81. The number of aliphatic carboxylic acids is 1. The molecule has 1 aromatic carbocycles. The van der Waals surface area contributed by atoms with E-state index in [0.29, 0.717) is 24.7 Å². The van der Waals surface area contributed by atoms with Crippen LogP contribution in [0.4, 0.5) is 5.95 Å². The number of carboxylic acids is 1. The lowest BCUT2D eigenvalue weighted by Crippen LogP contribution is -2.24. The zero-order chi connectivity index (χ0) is 15.1. The van der Waals surface area contributed by atoms with E-state index in [1.807, 2.05) is 12.1 Å². The van der Waals surface area contributed by atoms with Crippen LogP contribution in [0, 0.1) is 0 Å². The maximum absolute atomic E-state index is 11.2. The Kier molecular flexibility index (Phi) is 2.71. The summed E-state index contributed by atoms with van der Waals surface area (Å²) in [5.74, 6) is 0.502. The third-order valence-corrected chi connectivity index (χ3v) is 3.47. The minimum Gasteiger partial charge on any atom is -0.486 e. The number of rotatable bonds is 2. The number of carboxylic acid groups (broad SMARTS) is 1. The van der Waals surface area contributed by atoms with Crippen LogP contribution in [0.3, 0.4) is 0 Å². The van der Waals surface area contributed by atoms with Crippen molar-refractivity contribution in [3.8, 4) is 11.5 Å². The van der Waals surface area contributed by atoms with Gasteiger partial charge in [-0.05, 0) is 34.2 Å². The largest absolute Gasteiger partial charge is 0.486 e. The summed E-state index contributed by atoms with van der Waals surface area (Å²) in [6.07, 6.45) is 1.55. The molecule has 0 radical (unpaired) electrons. The molecule has 4 rings (SSSR count). The number of ether oxygens (including phenoxy) is 2. The number of hydrogen-bond acceptors (Lipinski definition) is 7. The van der Waals surface area contributed by atoms with Crippen LogP contribution < -0.4 is 14.8 Å². The summed E-state index contributed by atoms with van der Waals surface area (Å²) in [4.78, 5) is 11.2. The predicted octanol–water partition coefficient (Wildman–Crippen LogP) is 0.428. The molecule has 0 unspecified atom stereocenters. The summed E-state index contributed by atoms with van der Waals surface area (Å²) in [5.41, 5.74) is 0.834. The Hall–Kier alpha value is -3.10. The number of nitrogens with one attached hydrogen (secondary N) is 1. The molecular formula is C13H11N5O4. The smallest absolute Gasteiger partial charge is 0.352 e. The van der Waals surface area contributed by atoms with Gasteiger partial charge >= 0.3 is 5.97 Å². The molecule has 2 N–H and O–H groups in total. The Labute approximate surface area is 124 Å². The van der Waals surface area contributed by atoms with Crippen molar-refractivity contribution < 1.29 is 19.4 Å². The van der Waals surface area contributed by atoms with Gasteiger partial charge in [0.25, 0.3) is 0 Å². The molecule has 0 fully saturated rings. The minimum absolute atomic E-state index is 0.0298. The summed E-state index contributed by atoms with van der Waals surface area (Å²) in [6.45, 7) is 0.995. The topological polar surface area (TPSA) is 111 Å². The molecule has 0 amide bonds. The van der Waals surface area contributed by atoms with Crippen LogP contribution in [0.25, 0.3) is 0 Å². The van der Waals surface area contributed by atoms with Gasteiger partial charge in [0.1, 0.15) is 25.0 Å². The first kappa shape index (κ1) is 12.6. The van der Waals surface area contributed by atoms with E-state index in [1.54, 1.807) is 12.1 Å². The summed E-state index contributed by atoms with van der Waals surface area (Å²) < 4.78 is 12.6. The van der Waals surface area contributed by atoms with Crippen LogP contribution in [0.1, 0.15) is 11.6 Å². The van der Waals surface area contributed by atoms with Gasteiger partial charge in [0, 0.05) is 0 Å². The Morgan fingerprint density at radius 2 is 2.14 bits per heavy atom. The lowest BCUT2D eigenvalue weighted by molar-refractivity contribution is -0.132. The van der Waals surface area contributed by atoms with Crippen LogP contribution >= 0.6 is 0 Å². The monoisotopic (exact) mass is 301 g/mol. The lowest BCUT2D eigenvalue weighted by Gasteiger charge is -2.24. The molecule has 0 saturated carbocycles. The third kappa shape index (κ3) is 1.94. The molecule has 9 nitrogen and oxygen atoms in total. The van der Waals surface area contributed by atoms with Crippen LogP contribution in [-0.2, 0) is 4.79 Å². The number of benzene rings is 1. The zero-order valence-corrected chi connectivity index (χ0v) is 11.3. The Balaban J connectivity index is 1.79. The van der Waals surface area contributed by atoms with E-state index in [-0.39, 0.29) is 11.6 Å². The van der Waals surface area contributed by atoms with Crippen molar-refractivity contribution in [2.75, 3.05) is 18.5 Å². The first-order valence-electron chi connectivity index (χ1n) is 6.62. The molecule has 1 atom stereocenters. The molecule has 2 aromatic rings. The highest BCUT2D eigenvalue weighted by Gasteiger charge is 2.27. The standard InChI is InChI=1S/C13H11N5O4/c19-12(20)8-6-9(18-13(14-8)15-16-17-18)7-1-2-10-11(5-7)22-4-3-21-10/h1-2,5-6,9H,3-4H2,(H,19,20)(H,14,15,17)/t9-/m0/s1. The van der Waals surface area contributed by atoms with Gasteiger partial charge in [-0.1, -0.05) is 11.2 Å². The van der Waals surface area contributed by atoms with Gasteiger partial charge in [-0.25, -0.2) is 4.79 Å². The van der Waals surface area contributed by atoms with Gasteiger partial charge in [-0.15, -0.1) is 0 Å². The molecule has 112 valence electrons. The van der Waals surface area contributed by atoms with Crippen LogP contribution in [0.15, 0.2) is 30.0 Å². The average molecular weight is 301 g/mol. The van der Waals surface area contributed by atoms with Crippen molar-refractivity contribution >= 4 is 11.9 Å². The number of anilines is 1. The fourth-order valence-corrected chi connectivity index (χ4v) is 2.46. The molecule has 0 bridgehead atoms. The average Bonchev–Trinajstić information content (AvgIpc) is 3.02. The number of fused-ring (bicyclic) bond motifs is 2. The highest BCUT2D eigenvalue weighted by atomic mass is 16.6. The number of carbonyl (C=O) groups is 1. The predicted molar refractivity (Wildman–Crippen MR) is 72.7 cm³/mol. The first-order chi connectivity index (χ1) is 10.7. The van der Waals surface area contributed by atoms with Crippen molar-refractivity contribution in [1.29, 1.82) is 0 Å². The van der Waals surface area contributed by atoms with Crippen LogP contribution in [0.2, 0.25) is 0 Å². The quantitative estimate of drug-likeness (QED) is 0.821. The van der Waals surface area contributed by atoms with Gasteiger partial charge < -0.3 is 19.9 Å². The molecule has 22 heavy (non-hydrogen) atoms. The molecular weight excluding hydrogens is 290 g/mol. The molecule has 9 heteroatoms. The highest BCUT2D eigenvalue weighted by molar-refractivity contribution is 5.90. The third-order valence-electron chi connectivity index (χ3n) is 3.47. The van der Waals surface area contributed by atoms with Crippen LogP contribution in [0.5, 0.6) is 11.5 Å². The van der Waals surface area contributed by atoms with E-state index >= 15 is 0 Å². The van der Waals surface area contributed by atoms with Crippen molar-refractivity contribution in [2.24, 2.45) is 0 Å². The fourth-order valence-electron chi connectivity index (χ4n) is 2.46. The Morgan fingerprint density at radius 3 is 2.95 bits per heavy atom. The summed E-state index contributed by atoms with van der Waals surface area (Å²) in [7, 11) is 0. The molecule has 0 saturated heterocycles. The van der Waals surface area contributed by atoms with E-state index in [0.717, 1.165) is 5.56 Å². The second-order valence-electron chi connectivity index (χ2n) is 4.81. The second kappa shape index (κ2) is 4.72. The van der Waals surface area contributed by atoms with Gasteiger partial charge in [0.2, 0.25) is 5.95 Å². The maximum atomic E-state index is 11.2. The molecule has 0 spiro atoms. The van der Waals surface area contributed by atoms with E-state index < -0.39 is 12.0 Å². The van der Waals surface area contributed by atoms with Crippen molar-refractivity contribution in [3.63, 3.8) is 0 Å². The van der Waals surface area contributed by atoms with Gasteiger partial charge in [0.15, 0.2) is 11.5 Å². The number of tetrazole rings is 1. The molecule has 1 aromatic heterocycles. The SMILES string of the molecule is O=C(O)C1=C[C@@H](c2ccc3c(c2)OCCO3)n2nnnc2N1. The van der Waals surface area contributed by atoms with Crippen molar-refractivity contribution in [1.82, 2.24) is 20.2 Å². The van der Waals surface area contributed by atoms with Crippen LogP contribution in [-0.4, -0.2) is 44.5 Å². The normalized spacial score (nSPS) is 18.9. The van der Waals surface area contributed by atoms with E-state index in [1.165, 1.54) is 4.68 Å². The number of aromatic nitrogens is 4. The first-order valence-corrected chi connectivity index (χ1v) is 6.62. The summed E-state index contributed by atoms with van der Waals surface area (Å²) >= 11 is 0. The number of allylic oxidation sites excluding steroid dienone is 1. The molecule has 2 aliphatic heterocycles. The van der Waals surface area contributed by atoms with E-state index in [4.69, 9.17) is 9.47 Å². The maximum Gasteiger partial charge on any atom is 0.352 e.